The molecule has 2 heterocycles. The van der Waals surface area contributed by atoms with Crippen LogP contribution in [0.2, 0.25) is 5.02 Å². The van der Waals surface area contributed by atoms with Crippen LogP contribution in [0.1, 0.15) is 46.1 Å². The summed E-state index contributed by atoms with van der Waals surface area (Å²) in [6, 6.07) is 0.382. The highest BCUT2D eigenvalue weighted by molar-refractivity contribution is 6.32. The number of anilines is 1. The average Bonchev–Trinajstić information content (AvgIpc) is 2.46. The van der Waals surface area contributed by atoms with Gasteiger partial charge in [-0.05, 0) is 39.7 Å². The molecule has 1 saturated heterocycles. The standard InChI is InChI=1S/C15H25ClN4O/c1-4-7-19-8-5-12(6-9-19)18-13-10-17-20(11(2)3)15(21)14(13)16/h10-12,18H,4-9H2,1-3H3. The molecule has 5 nitrogen and oxygen atoms in total. The van der Waals surface area contributed by atoms with Crippen molar-refractivity contribution in [3.63, 3.8) is 0 Å². The smallest absolute Gasteiger partial charge is 0.287 e. The number of halogens is 1. The molecular formula is C15H25ClN4O. The maximum atomic E-state index is 12.1. The van der Waals surface area contributed by atoms with E-state index >= 15 is 0 Å². The van der Waals surface area contributed by atoms with E-state index in [0.29, 0.717) is 11.7 Å². The zero-order valence-corrected chi connectivity index (χ0v) is 13.9. The van der Waals surface area contributed by atoms with E-state index in [4.69, 9.17) is 11.6 Å². The van der Waals surface area contributed by atoms with Crippen LogP contribution in [-0.4, -0.2) is 40.4 Å². The molecule has 0 bridgehead atoms. The van der Waals surface area contributed by atoms with Crippen molar-refractivity contribution in [2.45, 2.75) is 52.1 Å². The molecule has 0 aliphatic carbocycles. The van der Waals surface area contributed by atoms with Crippen LogP contribution in [0.3, 0.4) is 0 Å². The van der Waals surface area contributed by atoms with Crippen molar-refractivity contribution in [3.05, 3.63) is 21.6 Å². The third kappa shape index (κ3) is 3.98. The van der Waals surface area contributed by atoms with E-state index in [1.807, 2.05) is 13.8 Å². The Hall–Kier alpha value is -1.07. The highest BCUT2D eigenvalue weighted by Gasteiger charge is 2.20. The summed E-state index contributed by atoms with van der Waals surface area (Å²) >= 11 is 6.19. The molecule has 1 N–H and O–H groups in total. The SMILES string of the molecule is CCCN1CCC(Nc2cnn(C(C)C)c(=O)c2Cl)CC1. The maximum absolute atomic E-state index is 12.1. The van der Waals surface area contributed by atoms with Crippen molar-refractivity contribution in [2.24, 2.45) is 0 Å². The molecule has 1 aliphatic heterocycles. The summed E-state index contributed by atoms with van der Waals surface area (Å²) in [6.07, 6.45) is 5.01. The Kier molecular flexibility index (Phi) is 5.65. The Morgan fingerprint density at radius 3 is 2.67 bits per heavy atom. The lowest BCUT2D eigenvalue weighted by atomic mass is 10.0. The molecule has 2 rings (SSSR count). The lowest BCUT2D eigenvalue weighted by Gasteiger charge is -2.32. The number of nitrogens with one attached hydrogen (secondary N) is 1. The Morgan fingerprint density at radius 2 is 2.10 bits per heavy atom. The first-order valence-corrected chi connectivity index (χ1v) is 8.17. The molecule has 1 aromatic rings. The summed E-state index contributed by atoms with van der Waals surface area (Å²) in [7, 11) is 0. The number of rotatable bonds is 5. The lowest BCUT2D eigenvalue weighted by Crippen LogP contribution is -2.39. The van der Waals surface area contributed by atoms with Gasteiger partial charge < -0.3 is 10.2 Å². The molecule has 0 spiro atoms. The normalized spacial score (nSPS) is 17.4. The molecule has 118 valence electrons. The molecule has 1 aromatic heterocycles. The molecule has 0 radical (unpaired) electrons. The van der Waals surface area contributed by atoms with E-state index in [9.17, 15) is 4.79 Å². The third-order valence-corrected chi connectivity index (χ3v) is 4.28. The summed E-state index contributed by atoms with van der Waals surface area (Å²) in [4.78, 5) is 14.6. The van der Waals surface area contributed by atoms with E-state index in [-0.39, 0.29) is 16.6 Å². The van der Waals surface area contributed by atoms with Crippen LogP contribution < -0.4 is 10.9 Å². The molecule has 1 aliphatic rings. The summed E-state index contributed by atoms with van der Waals surface area (Å²) in [5.41, 5.74) is 0.438. The number of aromatic nitrogens is 2. The highest BCUT2D eigenvalue weighted by atomic mass is 35.5. The summed E-state index contributed by atoms with van der Waals surface area (Å²) in [6.45, 7) is 9.40. The first kappa shape index (κ1) is 16.3. The molecule has 0 atom stereocenters. The van der Waals surface area contributed by atoms with E-state index < -0.39 is 0 Å². The van der Waals surface area contributed by atoms with Gasteiger partial charge in [-0.3, -0.25) is 4.79 Å². The lowest BCUT2D eigenvalue weighted by molar-refractivity contribution is 0.219. The molecule has 0 saturated carbocycles. The van der Waals surface area contributed by atoms with Gasteiger partial charge in [-0.2, -0.15) is 5.10 Å². The van der Waals surface area contributed by atoms with Crippen LogP contribution in [0.4, 0.5) is 5.69 Å². The van der Waals surface area contributed by atoms with Crippen molar-refractivity contribution >= 4 is 17.3 Å². The van der Waals surface area contributed by atoms with Gasteiger partial charge in [0.05, 0.1) is 17.9 Å². The van der Waals surface area contributed by atoms with Crippen molar-refractivity contribution in [1.29, 1.82) is 0 Å². The second-order valence-electron chi connectivity index (χ2n) is 5.98. The fourth-order valence-electron chi connectivity index (χ4n) is 2.75. The van der Waals surface area contributed by atoms with Gasteiger partial charge in [-0.1, -0.05) is 18.5 Å². The minimum absolute atomic E-state index is 0.0151. The predicted octanol–water partition coefficient (Wildman–Crippen LogP) is 2.76. The number of likely N-dealkylation sites (tertiary alicyclic amines) is 1. The first-order chi connectivity index (χ1) is 10.0. The quantitative estimate of drug-likeness (QED) is 0.908. The summed E-state index contributed by atoms with van der Waals surface area (Å²) in [5.74, 6) is 0. The molecule has 0 amide bonds. The number of piperidine rings is 1. The van der Waals surface area contributed by atoms with Crippen molar-refractivity contribution in [2.75, 3.05) is 25.0 Å². The van der Waals surface area contributed by atoms with Crippen molar-refractivity contribution < 1.29 is 0 Å². The summed E-state index contributed by atoms with van der Waals surface area (Å²) in [5, 5.41) is 7.82. The molecule has 1 fully saturated rings. The largest absolute Gasteiger partial charge is 0.380 e. The monoisotopic (exact) mass is 312 g/mol. The number of hydrogen-bond donors (Lipinski definition) is 1. The topological polar surface area (TPSA) is 50.2 Å². The first-order valence-electron chi connectivity index (χ1n) is 7.79. The second-order valence-corrected chi connectivity index (χ2v) is 6.35. The zero-order valence-electron chi connectivity index (χ0n) is 13.1. The Balaban J connectivity index is 2.01. The molecular weight excluding hydrogens is 288 g/mol. The van der Waals surface area contributed by atoms with Crippen molar-refractivity contribution in [1.82, 2.24) is 14.7 Å². The van der Waals surface area contributed by atoms with Gasteiger partial charge in [0.25, 0.3) is 5.56 Å². The molecule has 6 heteroatoms. The van der Waals surface area contributed by atoms with Crippen LogP contribution in [0.15, 0.2) is 11.0 Å². The van der Waals surface area contributed by atoms with Gasteiger partial charge in [0.2, 0.25) is 0 Å². The highest BCUT2D eigenvalue weighted by Crippen LogP contribution is 2.21. The molecule has 0 unspecified atom stereocenters. The third-order valence-electron chi connectivity index (χ3n) is 3.92. The van der Waals surface area contributed by atoms with E-state index in [2.05, 4.69) is 22.2 Å². The zero-order chi connectivity index (χ0) is 15.4. The Morgan fingerprint density at radius 1 is 1.43 bits per heavy atom. The Bertz CT molecular complexity index is 521. The molecule has 21 heavy (non-hydrogen) atoms. The van der Waals surface area contributed by atoms with Crippen LogP contribution in [0.5, 0.6) is 0 Å². The number of nitrogens with zero attached hydrogens (tertiary/aromatic N) is 3. The van der Waals surface area contributed by atoms with E-state index in [1.165, 1.54) is 17.6 Å². The van der Waals surface area contributed by atoms with Crippen LogP contribution in [-0.2, 0) is 0 Å². The van der Waals surface area contributed by atoms with Crippen LogP contribution in [0, 0.1) is 0 Å². The van der Waals surface area contributed by atoms with Gasteiger partial charge in [-0.25, -0.2) is 4.68 Å². The minimum atomic E-state index is -0.222. The maximum Gasteiger partial charge on any atom is 0.287 e. The fraction of sp³-hybridized carbons (Fsp3) is 0.733. The van der Waals surface area contributed by atoms with Crippen LogP contribution in [0.25, 0.3) is 0 Å². The fourth-order valence-corrected chi connectivity index (χ4v) is 2.94. The number of hydrogen-bond acceptors (Lipinski definition) is 4. The van der Waals surface area contributed by atoms with Gasteiger partial charge in [-0.15, -0.1) is 0 Å². The minimum Gasteiger partial charge on any atom is -0.380 e. The van der Waals surface area contributed by atoms with Crippen molar-refractivity contribution in [3.8, 4) is 0 Å². The summed E-state index contributed by atoms with van der Waals surface area (Å²) < 4.78 is 1.41. The van der Waals surface area contributed by atoms with Gasteiger partial charge in [0, 0.05) is 19.1 Å². The predicted molar refractivity (Wildman–Crippen MR) is 87.3 cm³/mol. The van der Waals surface area contributed by atoms with Gasteiger partial charge in [0.15, 0.2) is 0 Å². The van der Waals surface area contributed by atoms with E-state index in [0.717, 1.165) is 25.9 Å². The Labute approximate surface area is 131 Å². The average molecular weight is 313 g/mol. The van der Waals surface area contributed by atoms with Gasteiger partial charge >= 0.3 is 0 Å². The second kappa shape index (κ2) is 7.27. The molecule has 0 aromatic carbocycles. The van der Waals surface area contributed by atoms with Gasteiger partial charge in [0.1, 0.15) is 5.02 Å². The van der Waals surface area contributed by atoms with E-state index in [1.54, 1.807) is 6.20 Å². The van der Waals surface area contributed by atoms with Crippen LogP contribution >= 0.6 is 11.6 Å².